The maximum atomic E-state index is 5.94. The van der Waals surface area contributed by atoms with Crippen molar-refractivity contribution in [2.75, 3.05) is 13.2 Å². The van der Waals surface area contributed by atoms with E-state index in [0.717, 1.165) is 28.4 Å². The average molecular weight is 343 g/mol. The minimum Gasteiger partial charge on any atom is -0.492 e. The predicted molar refractivity (Wildman–Crippen MR) is 97.1 cm³/mol. The Hall–Kier alpha value is -2.27. The van der Waals surface area contributed by atoms with E-state index in [0.29, 0.717) is 24.7 Å². The van der Waals surface area contributed by atoms with Crippen LogP contribution in [0.5, 0.6) is 11.5 Å². The molecule has 126 valence electrons. The molecule has 2 rings (SSSR count). The molecular weight excluding hydrogens is 320 g/mol. The Labute approximate surface area is 147 Å². The van der Waals surface area contributed by atoms with Gasteiger partial charge in [-0.2, -0.15) is 5.53 Å². The van der Waals surface area contributed by atoms with Crippen LogP contribution in [0.4, 0.5) is 5.69 Å². The van der Waals surface area contributed by atoms with Crippen LogP contribution in [0, 0.1) is 0 Å². The highest BCUT2D eigenvalue weighted by Gasteiger charge is 2.14. The first-order valence-electron chi connectivity index (χ1n) is 7.96. The molecule has 2 N–H and O–H groups in total. The third kappa shape index (κ3) is 5.13. The molecule has 0 aliphatic rings. The fraction of sp³-hybridized carbons (Fsp3) is 0.263. The summed E-state index contributed by atoms with van der Waals surface area (Å²) >= 11 is 1.63. The van der Waals surface area contributed by atoms with E-state index in [9.17, 15) is 0 Å². The lowest BCUT2D eigenvalue weighted by Crippen LogP contribution is -2.22. The standard InChI is InChI=1S/C19H22N2O2S/c1-3-5-12-23-18-13-16(21-20)17(22-11-4-2)14-19(18)24-15-9-7-6-8-10-15/h4,6-10,13-14,20H,2-3,5,11-12H2,1H3/p+1. The monoisotopic (exact) mass is 343 g/mol. The van der Waals surface area contributed by atoms with Crippen LogP contribution in [0.25, 0.3) is 0 Å². The highest BCUT2D eigenvalue weighted by Crippen LogP contribution is 2.42. The third-order valence-electron chi connectivity index (χ3n) is 3.25. The topological polar surface area (TPSA) is 56.4 Å². The zero-order valence-electron chi connectivity index (χ0n) is 13.9. The van der Waals surface area contributed by atoms with Crippen molar-refractivity contribution in [3.8, 4) is 11.5 Å². The van der Waals surface area contributed by atoms with Crippen molar-refractivity contribution in [2.24, 2.45) is 5.11 Å². The van der Waals surface area contributed by atoms with E-state index in [2.05, 4.69) is 30.7 Å². The number of unbranched alkanes of at least 4 members (excludes halogenated alkanes) is 1. The van der Waals surface area contributed by atoms with Crippen molar-refractivity contribution >= 4 is 17.4 Å². The highest BCUT2D eigenvalue weighted by molar-refractivity contribution is 7.99. The van der Waals surface area contributed by atoms with Crippen molar-refractivity contribution < 1.29 is 15.0 Å². The molecule has 0 unspecified atom stereocenters. The Kier molecular flexibility index (Phi) is 7.36. The van der Waals surface area contributed by atoms with E-state index in [4.69, 9.17) is 15.0 Å². The molecule has 0 aromatic heterocycles. The molecule has 2 aromatic carbocycles. The number of hydrogen-bond acceptors (Lipinski definition) is 4. The molecule has 0 saturated carbocycles. The summed E-state index contributed by atoms with van der Waals surface area (Å²) in [5, 5.41) is 3.81. The van der Waals surface area contributed by atoms with Gasteiger partial charge in [-0.25, -0.2) is 0 Å². The van der Waals surface area contributed by atoms with Gasteiger partial charge in [0, 0.05) is 17.0 Å². The molecule has 0 saturated heterocycles. The van der Waals surface area contributed by atoms with Crippen LogP contribution in [0.1, 0.15) is 19.8 Å². The Balaban J connectivity index is 2.34. The summed E-state index contributed by atoms with van der Waals surface area (Å²) in [5.41, 5.74) is 6.08. The van der Waals surface area contributed by atoms with E-state index in [1.807, 2.05) is 30.3 Å². The highest BCUT2D eigenvalue weighted by atomic mass is 32.2. The second kappa shape index (κ2) is 9.78. The van der Waals surface area contributed by atoms with Crippen LogP contribution in [0.3, 0.4) is 0 Å². The van der Waals surface area contributed by atoms with Crippen LogP contribution < -0.4 is 15.0 Å². The van der Waals surface area contributed by atoms with Crippen molar-refractivity contribution in [3.05, 3.63) is 55.1 Å². The third-order valence-corrected chi connectivity index (χ3v) is 4.29. The molecular formula is C19H23N2O2S+. The smallest absolute Gasteiger partial charge is 0.175 e. The van der Waals surface area contributed by atoms with Crippen molar-refractivity contribution in [3.63, 3.8) is 0 Å². The first kappa shape index (κ1) is 18.1. The van der Waals surface area contributed by atoms with Crippen molar-refractivity contribution in [1.29, 1.82) is 0 Å². The molecule has 0 atom stereocenters. The SMILES string of the molecule is C=CCOc1cc(Sc2ccccc2)c(OCCCC)cc1N=[NH2+]. The lowest BCUT2D eigenvalue weighted by atomic mass is 10.2. The molecule has 0 heterocycles. The van der Waals surface area contributed by atoms with E-state index < -0.39 is 0 Å². The number of ether oxygens (including phenoxy) is 2. The van der Waals surface area contributed by atoms with Crippen LogP contribution in [0.15, 0.2) is 70.0 Å². The largest absolute Gasteiger partial charge is 0.492 e. The molecule has 5 heteroatoms. The number of benzene rings is 2. The number of rotatable bonds is 10. The van der Waals surface area contributed by atoms with Crippen LogP contribution in [-0.4, -0.2) is 13.2 Å². The average Bonchev–Trinajstić information content (AvgIpc) is 2.62. The predicted octanol–water partition coefficient (Wildman–Crippen LogP) is 4.42. The van der Waals surface area contributed by atoms with Gasteiger partial charge in [-0.05, 0) is 23.7 Å². The number of hydrogen-bond donors (Lipinski definition) is 1. The van der Waals surface area contributed by atoms with Crippen molar-refractivity contribution in [1.82, 2.24) is 0 Å². The molecule has 0 spiro atoms. The molecule has 2 aromatic rings. The summed E-state index contributed by atoms with van der Waals surface area (Å²) in [7, 11) is 0. The van der Waals surface area contributed by atoms with E-state index in [-0.39, 0.29) is 0 Å². The molecule has 0 radical (unpaired) electrons. The minimum absolute atomic E-state index is 0.397. The summed E-state index contributed by atoms with van der Waals surface area (Å²) in [6, 6.07) is 13.9. The van der Waals surface area contributed by atoms with E-state index in [1.165, 1.54) is 0 Å². The van der Waals surface area contributed by atoms with Gasteiger partial charge in [0.2, 0.25) is 0 Å². The first-order chi connectivity index (χ1) is 11.8. The zero-order chi connectivity index (χ0) is 17.2. The maximum Gasteiger partial charge on any atom is 0.175 e. The van der Waals surface area contributed by atoms with Gasteiger partial charge in [0.05, 0.1) is 11.5 Å². The van der Waals surface area contributed by atoms with Gasteiger partial charge in [-0.15, -0.1) is 0 Å². The molecule has 24 heavy (non-hydrogen) atoms. The molecule has 0 aliphatic carbocycles. The van der Waals surface area contributed by atoms with E-state index in [1.54, 1.807) is 17.8 Å². The molecule has 0 aliphatic heterocycles. The second-order valence-corrected chi connectivity index (χ2v) is 6.23. The minimum atomic E-state index is 0.397. The van der Waals surface area contributed by atoms with Crippen molar-refractivity contribution in [2.45, 2.75) is 29.6 Å². The Bertz CT molecular complexity index is 675. The fourth-order valence-corrected chi connectivity index (χ4v) is 2.96. The Morgan fingerprint density at radius 3 is 2.62 bits per heavy atom. The van der Waals surface area contributed by atoms with Gasteiger partial charge < -0.3 is 9.47 Å². The lowest BCUT2D eigenvalue weighted by molar-refractivity contribution is -0.210. The quantitative estimate of drug-likeness (QED) is 0.394. The second-order valence-electron chi connectivity index (χ2n) is 5.11. The molecule has 4 nitrogen and oxygen atoms in total. The van der Waals surface area contributed by atoms with Gasteiger partial charge in [-0.3, -0.25) is 0 Å². The van der Waals surface area contributed by atoms with Gasteiger partial charge in [-0.1, -0.05) is 56.0 Å². The fourth-order valence-electron chi connectivity index (χ4n) is 2.03. The van der Waals surface area contributed by atoms with E-state index >= 15 is 0 Å². The van der Waals surface area contributed by atoms with Crippen LogP contribution in [-0.2, 0) is 0 Å². The molecule has 0 bridgehead atoms. The van der Waals surface area contributed by atoms with Gasteiger partial charge in [0.1, 0.15) is 12.4 Å². The van der Waals surface area contributed by atoms with Crippen LogP contribution >= 0.6 is 11.8 Å². The number of nitrogens with two attached hydrogens (primary N) is 1. The summed E-state index contributed by atoms with van der Waals surface area (Å²) in [4.78, 5) is 2.11. The summed E-state index contributed by atoms with van der Waals surface area (Å²) in [6.45, 7) is 6.87. The molecule has 0 fully saturated rings. The summed E-state index contributed by atoms with van der Waals surface area (Å²) in [6.07, 6.45) is 3.77. The maximum absolute atomic E-state index is 5.94. The lowest BCUT2D eigenvalue weighted by Gasteiger charge is -2.14. The normalized spacial score (nSPS) is 10.2. The summed E-state index contributed by atoms with van der Waals surface area (Å²) in [5.74, 6) is 1.39. The molecule has 0 amide bonds. The van der Waals surface area contributed by atoms with Crippen LogP contribution in [0.2, 0.25) is 0 Å². The Morgan fingerprint density at radius 1 is 1.17 bits per heavy atom. The zero-order valence-corrected chi connectivity index (χ0v) is 14.7. The number of nitrogens with zero attached hydrogens (tertiary/aromatic N) is 1. The van der Waals surface area contributed by atoms with Gasteiger partial charge in [0.25, 0.3) is 0 Å². The van der Waals surface area contributed by atoms with Gasteiger partial charge in [0.15, 0.2) is 11.4 Å². The first-order valence-corrected chi connectivity index (χ1v) is 8.78. The summed E-state index contributed by atoms with van der Waals surface area (Å²) < 4.78 is 11.6. The van der Waals surface area contributed by atoms with Gasteiger partial charge >= 0.3 is 0 Å². The Morgan fingerprint density at radius 2 is 1.96 bits per heavy atom.